The van der Waals surface area contributed by atoms with E-state index in [0.29, 0.717) is 30.8 Å². The van der Waals surface area contributed by atoms with E-state index >= 15 is 0 Å². The smallest absolute Gasteiger partial charge is 0.274 e. The number of rotatable bonds is 2. The molecule has 1 aromatic carbocycles. The van der Waals surface area contributed by atoms with Crippen LogP contribution in [0.4, 0.5) is 5.69 Å². The highest BCUT2D eigenvalue weighted by Gasteiger charge is 2.37. The third kappa shape index (κ3) is 2.37. The fourth-order valence-corrected chi connectivity index (χ4v) is 4.40. The third-order valence-electron chi connectivity index (χ3n) is 5.31. The van der Waals surface area contributed by atoms with E-state index in [1.807, 2.05) is 12.1 Å². The van der Waals surface area contributed by atoms with Gasteiger partial charge in [0.1, 0.15) is 11.8 Å². The van der Waals surface area contributed by atoms with Crippen LogP contribution in [0, 0.1) is 16.7 Å². The van der Waals surface area contributed by atoms with Crippen molar-refractivity contribution >= 4 is 29.5 Å². The van der Waals surface area contributed by atoms with Crippen molar-refractivity contribution in [2.24, 2.45) is 5.41 Å². The number of carbonyl (C=O) groups is 2. The van der Waals surface area contributed by atoms with Crippen LogP contribution >= 0.6 is 11.6 Å². The van der Waals surface area contributed by atoms with Gasteiger partial charge in [-0.25, -0.2) is 0 Å². The van der Waals surface area contributed by atoms with Crippen molar-refractivity contribution in [2.45, 2.75) is 33.2 Å². The second-order valence-corrected chi connectivity index (χ2v) is 8.10. The van der Waals surface area contributed by atoms with Gasteiger partial charge in [0.25, 0.3) is 5.91 Å². The Balaban J connectivity index is 1.76. The molecule has 132 valence electrons. The summed E-state index contributed by atoms with van der Waals surface area (Å²) in [5.41, 5.74) is 4.27. The summed E-state index contributed by atoms with van der Waals surface area (Å²) in [4.78, 5) is 26.2. The van der Waals surface area contributed by atoms with Crippen molar-refractivity contribution in [1.29, 1.82) is 5.26 Å². The minimum absolute atomic E-state index is 0.0954. The molecule has 1 aliphatic carbocycles. The molecule has 2 aromatic rings. The molecule has 0 N–H and O–H groups in total. The molecule has 26 heavy (non-hydrogen) atoms. The molecule has 0 spiro atoms. The van der Waals surface area contributed by atoms with Gasteiger partial charge >= 0.3 is 0 Å². The number of nitriles is 1. The highest BCUT2D eigenvalue weighted by atomic mass is 35.5. The maximum absolute atomic E-state index is 13.1. The quantitative estimate of drug-likeness (QED) is 0.761. The van der Waals surface area contributed by atoms with E-state index in [1.54, 1.807) is 17.0 Å². The van der Waals surface area contributed by atoms with Crippen LogP contribution in [0.1, 0.15) is 51.5 Å². The normalized spacial score (nSPS) is 17.6. The number of hydrogen-bond acceptors (Lipinski definition) is 3. The Kier molecular flexibility index (Phi) is 3.71. The summed E-state index contributed by atoms with van der Waals surface area (Å²) in [6, 6.07) is 7.13. The third-order valence-corrected chi connectivity index (χ3v) is 5.72. The van der Waals surface area contributed by atoms with E-state index in [4.69, 9.17) is 16.9 Å². The number of nitrogens with zero attached hydrogens (tertiary/aromatic N) is 3. The Bertz CT molecular complexity index is 997. The first-order valence-corrected chi connectivity index (χ1v) is 8.95. The average molecular weight is 368 g/mol. The van der Waals surface area contributed by atoms with Crippen molar-refractivity contribution in [3.05, 3.63) is 51.3 Å². The fraction of sp³-hybridized carbons (Fsp3) is 0.350. The monoisotopic (exact) mass is 367 g/mol. The summed E-state index contributed by atoms with van der Waals surface area (Å²) < 4.78 is 2.12. The average Bonchev–Trinajstić information content (AvgIpc) is 3.07. The second kappa shape index (κ2) is 5.72. The summed E-state index contributed by atoms with van der Waals surface area (Å²) in [6.07, 6.45) is 2.55. The molecule has 4 rings (SSSR count). The first kappa shape index (κ1) is 16.9. The van der Waals surface area contributed by atoms with Gasteiger partial charge in [0.15, 0.2) is 6.29 Å². The molecule has 1 aliphatic heterocycles. The Labute approximate surface area is 156 Å². The summed E-state index contributed by atoms with van der Waals surface area (Å²) in [6.45, 7) is 5.64. The highest BCUT2D eigenvalue weighted by molar-refractivity contribution is 6.35. The highest BCUT2D eigenvalue weighted by Crippen LogP contribution is 2.40. The molecule has 0 radical (unpaired) electrons. The molecule has 0 bridgehead atoms. The Morgan fingerprint density at radius 2 is 2.04 bits per heavy atom. The lowest BCUT2D eigenvalue weighted by Gasteiger charge is -2.31. The van der Waals surface area contributed by atoms with Crippen molar-refractivity contribution in [3.8, 4) is 6.07 Å². The van der Waals surface area contributed by atoms with Crippen LogP contribution < -0.4 is 4.90 Å². The zero-order chi connectivity index (χ0) is 18.6. The number of amides is 1. The number of aromatic nitrogens is 1. The number of anilines is 1. The van der Waals surface area contributed by atoms with Crippen LogP contribution in [0.15, 0.2) is 18.2 Å². The molecule has 5 nitrogen and oxygen atoms in total. The standard InChI is InChI=1S/C20H18ClN3O2/c1-20(2)8-13-7-16-19(26)24(6-5-23(16)17(13)9-20)15-4-3-12(10-22)18(21)14(15)11-25/h3-4,7,11H,5-6,8-9H2,1-2H3. The summed E-state index contributed by atoms with van der Waals surface area (Å²) in [5.74, 6) is -0.132. The first-order chi connectivity index (χ1) is 12.4. The summed E-state index contributed by atoms with van der Waals surface area (Å²) >= 11 is 6.18. The molecule has 1 amide bonds. The maximum atomic E-state index is 13.1. The number of carbonyl (C=O) groups excluding carboxylic acids is 2. The van der Waals surface area contributed by atoms with E-state index in [0.717, 1.165) is 12.8 Å². The number of fused-ring (bicyclic) bond motifs is 3. The molecule has 1 aromatic heterocycles. The number of hydrogen-bond donors (Lipinski definition) is 0. The predicted octanol–water partition coefficient (Wildman–Crippen LogP) is 3.61. The van der Waals surface area contributed by atoms with Gasteiger partial charge in [-0.2, -0.15) is 5.26 Å². The van der Waals surface area contributed by atoms with Crippen LogP contribution in [0.2, 0.25) is 5.02 Å². The van der Waals surface area contributed by atoms with E-state index in [-0.39, 0.29) is 27.5 Å². The topological polar surface area (TPSA) is 66.1 Å². The molecular formula is C20H18ClN3O2. The van der Waals surface area contributed by atoms with Gasteiger partial charge < -0.3 is 9.47 Å². The summed E-state index contributed by atoms with van der Waals surface area (Å²) in [5, 5.41) is 9.19. The van der Waals surface area contributed by atoms with Crippen molar-refractivity contribution in [3.63, 3.8) is 0 Å². The lowest BCUT2D eigenvalue weighted by Crippen LogP contribution is -2.41. The number of benzene rings is 1. The SMILES string of the molecule is CC1(C)Cc2cc3n(c2C1)CCN(c1ccc(C#N)c(Cl)c1C=O)C3=O. The Hall–Kier alpha value is -2.58. The molecule has 2 aliphatic rings. The number of halogens is 1. The molecule has 0 saturated heterocycles. The Morgan fingerprint density at radius 3 is 2.73 bits per heavy atom. The van der Waals surface area contributed by atoms with Crippen molar-refractivity contribution < 1.29 is 9.59 Å². The molecule has 0 atom stereocenters. The molecule has 0 saturated carbocycles. The van der Waals surface area contributed by atoms with Crippen LogP contribution in [0.5, 0.6) is 0 Å². The van der Waals surface area contributed by atoms with Gasteiger partial charge in [-0.15, -0.1) is 0 Å². The van der Waals surface area contributed by atoms with Crippen molar-refractivity contribution in [2.75, 3.05) is 11.4 Å². The molecule has 2 heterocycles. The second-order valence-electron chi connectivity index (χ2n) is 7.72. The zero-order valence-corrected chi connectivity index (χ0v) is 15.4. The summed E-state index contributed by atoms with van der Waals surface area (Å²) in [7, 11) is 0. The minimum Gasteiger partial charge on any atom is -0.339 e. The van der Waals surface area contributed by atoms with Gasteiger partial charge in [0.2, 0.25) is 0 Å². The van der Waals surface area contributed by atoms with E-state index in [9.17, 15) is 9.59 Å². The molecule has 6 heteroatoms. The van der Waals surface area contributed by atoms with Gasteiger partial charge in [0, 0.05) is 18.8 Å². The van der Waals surface area contributed by atoms with E-state index in [1.165, 1.54) is 11.3 Å². The molecule has 0 unspecified atom stereocenters. The fourth-order valence-electron chi connectivity index (χ4n) is 4.16. The van der Waals surface area contributed by atoms with Gasteiger partial charge in [-0.1, -0.05) is 25.4 Å². The largest absolute Gasteiger partial charge is 0.339 e. The van der Waals surface area contributed by atoms with Gasteiger partial charge in [-0.05, 0) is 42.0 Å². The zero-order valence-electron chi connectivity index (χ0n) is 14.7. The van der Waals surface area contributed by atoms with Crippen LogP contribution in [0.3, 0.4) is 0 Å². The lowest BCUT2D eigenvalue weighted by atomic mass is 9.90. The van der Waals surface area contributed by atoms with Gasteiger partial charge in [-0.3, -0.25) is 9.59 Å². The van der Waals surface area contributed by atoms with Crippen LogP contribution in [0.25, 0.3) is 0 Å². The number of aldehydes is 1. The van der Waals surface area contributed by atoms with Crippen LogP contribution in [-0.4, -0.2) is 23.3 Å². The molecule has 0 fully saturated rings. The minimum atomic E-state index is -0.132. The first-order valence-electron chi connectivity index (χ1n) is 8.57. The van der Waals surface area contributed by atoms with Crippen molar-refractivity contribution in [1.82, 2.24) is 4.57 Å². The predicted molar refractivity (Wildman–Crippen MR) is 98.9 cm³/mol. The molecular weight excluding hydrogens is 350 g/mol. The van der Waals surface area contributed by atoms with Crippen LogP contribution in [-0.2, 0) is 19.4 Å². The van der Waals surface area contributed by atoms with E-state index in [2.05, 4.69) is 18.4 Å². The van der Waals surface area contributed by atoms with E-state index < -0.39 is 0 Å². The maximum Gasteiger partial charge on any atom is 0.274 e. The van der Waals surface area contributed by atoms with Gasteiger partial charge in [0.05, 0.1) is 21.8 Å². The Morgan fingerprint density at radius 1 is 1.27 bits per heavy atom. The lowest BCUT2D eigenvalue weighted by molar-refractivity contribution is 0.0964.